The molecule has 0 radical (unpaired) electrons. The van der Waals surface area contributed by atoms with Crippen molar-refractivity contribution in [1.82, 2.24) is 6.15 Å². The first-order chi connectivity index (χ1) is 5.12. The van der Waals surface area contributed by atoms with Gasteiger partial charge in [0.25, 0.3) is 23.5 Å². The molecule has 1 aliphatic heterocycles. The molecule has 0 bridgehead atoms. The maximum atomic E-state index is 10.2. The van der Waals surface area contributed by atoms with Crippen LogP contribution in [0.1, 0.15) is 0 Å². The Bertz CT molecular complexity index is 265. The molecule has 14 heteroatoms. The summed E-state index contributed by atoms with van der Waals surface area (Å²) in [5.41, 5.74) is 0. The summed E-state index contributed by atoms with van der Waals surface area (Å²) in [5, 5.41) is 0. The molecule has 1 aliphatic rings. The second-order valence-corrected chi connectivity index (χ2v) is 6.23. The van der Waals surface area contributed by atoms with Gasteiger partial charge in [-0.1, -0.05) is 0 Å². The fraction of sp³-hybridized carbons (Fsp3) is 0. The summed E-state index contributed by atoms with van der Waals surface area (Å²) in [7, 11) is -16.1. The van der Waals surface area contributed by atoms with Gasteiger partial charge in [-0.25, -0.2) is 12.9 Å². The number of phosphoric acid groups is 3. The third-order valence-corrected chi connectivity index (χ3v) is 5.40. The summed E-state index contributed by atoms with van der Waals surface area (Å²) in [4.78, 5) is 30.7. The van der Waals surface area contributed by atoms with Crippen molar-refractivity contribution in [2.24, 2.45) is 0 Å². The minimum Gasteiger partial charge on any atom is -0.756 e. The first-order valence-corrected chi connectivity index (χ1v) is 6.57. The molecule has 0 unspecified atom stereocenters. The normalized spacial score (nSPS) is 47.4. The monoisotopic (exact) mass is 295 g/mol. The molecule has 0 atom stereocenters. The van der Waals surface area contributed by atoms with Crippen LogP contribution in [0.5, 0.6) is 0 Å². The van der Waals surface area contributed by atoms with E-state index in [1.54, 1.807) is 0 Å². The average molecular weight is 295 g/mol. The Morgan fingerprint density at radius 1 is 0.714 bits per heavy atom. The van der Waals surface area contributed by atoms with E-state index < -0.39 is 23.5 Å². The zero-order chi connectivity index (χ0) is 9.62. The molecule has 0 amide bonds. The maximum absolute atomic E-state index is 10.2. The molecule has 1 heterocycles. The molecule has 0 aromatic rings. The Hall–Kier alpha value is 1.67. The van der Waals surface area contributed by atoms with Crippen molar-refractivity contribution in [2.45, 2.75) is 0 Å². The fourth-order valence-electron chi connectivity index (χ4n) is 0.412. The summed E-state index contributed by atoms with van der Waals surface area (Å²) in [6, 6.07) is 0. The number of hydrogen-bond donors (Lipinski definition) is 1. The van der Waals surface area contributed by atoms with Crippen molar-refractivity contribution in [2.75, 3.05) is 0 Å². The number of hydrogen-bond acceptors (Lipinski definition) is 9. The van der Waals surface area contributed by atoms with Crippen molar-refractivity contribution >= 4 is 61.2 Å². The van der Waals surface area contributed by atoms with Crippen molar-refractivity contribution < 1.29 is 41.3 Å². The van der Waals surface area contributed by atoms with Gasteiger partial charge < -0.3 is 20.8 Å². The van der Waals surface area contributed by atoms with Crippen LogP contribution in [0, 0.1) is 0 Å². The van der Waals surface area contributed by atoms with E-state index in [1.165, 1.54) is 0 Å². The maximum Gasteiger partial charge on any atom is 2.00 e. The van der Waals surface area contributed by atoms with E-state index in [-0.39, 0.29) is 43.9 Å². The van der Waals surface area contributed by atoms with Crippen molar-refractivity contribution in [3.8, 4) is 0 Å². The number of quaternary nitrogens is 1. The molecule has 0 aliphatic carbocycles. The van der Waals surface area contributed by atoms with Crippen LogP contribution in [-0.4, -0.2) is 37.7 Å². The van der Waals surface area contributed by atoms with Crippen molar-refractivity contribution in [1.29, 1.82) is 0 Å². The molecule has 1 fully saturated rings. The molecule has 80 valence electrons. The van der Waals surface area contributed by atoms with E-state index >= 15 is 0 Å². The SMILES string of the molecule is O=P1([O-])OP(=O)([O-])OP(=O)([O-])O1.[Ca+2].[NH4+]. The largest absolute Gasteiger partial charge is 2.00 e. The minimum absolute atomic E-state index is 0. The van der Waals surface area contributed by atoms with Gasteiger partial charge in [-0.15, -0.1) is 0 Å². The molecule has 0 aromatic heterocycles. The van der Waals surface area contributed by atoms with Gasteiger partial charge in [0.15, 0.2) is 0 Å². The molecule has 1 rings (SSSR count). The summed E-state index contributed by atoms with van der Waals surface area (Å²) in [5.74, 6) is 0. The van der Waals surface area contributed by atoms with E-state index in [0.717, 1.165) is 0 Å². The average Bonchev–Trinajstić information content (AvgIpc) is 1.44. The zero-order valence-corrected chi connectivity index (χ0v) is 11.6. The standard InChI is InChI=1S/Ca.H3N.H3O9P3/c;;1-10(2)7-11(3,4)9-12(5,6)8-10/h;1H3;(H,1,2)(H,3,4)(H,5,6)/q+2;;/p-2. The van der Waals surface area contributed by atoms with Gasteiger partial charge in [-0.05, 0) is 0 Å². The van der Waals surface area contributed by atoms with Crippen LogP contribution in [0.2, 0.25) is 0 Å². The topological polar surface area (TPSA) is 185 Å². The summed E-state index contributed by atoms with van der Waals surface area (Å²) in [6.45, 7) is 0. The third-order valence-electron chi connectivity index (χ3n) is 0.600. The quantitative estimate of drug-likeness (QED) is 0.407. The van der Waals surface area contributed by atoms with Crippen LogP contribution < -0.4 is 20.8 Å². The summed E-state index contributed by atoms with van der Waals surface area (Å²) < 4.78 is 40.3. The van der Waals surface area contributed by atoms with Crippen LogP contribution in [0.25, 0.3) is 0 Å². The van der Waals surface area contributed by atoms with Gasteiger partial charge in [0.05, 0.1) is 0 Å². The van der Waals surface area contributed by atoms with E-state index in [9.17, 15) is 28.4 Å². The van der Waals surface area contributed by atoms with Gasteiger partial charge in [0, 0.05) is 0 Å². The van der Waals surface area contributed by atoms with Gasteiger partial charge >= 0.3 is 37.7 Å². The third kappa shape index (κ3) is 5.67. The van der Waals surface area contributed by atoms with Crippen molar-refractivity contribution in [3.63, 3.8) is 0 Å². The van der Waals surface area contributed by atoms with E-state index in [4.69, 9.17) is 0 Å². The first-order valence-electron chi connectivity index (χ1n) is 2.19. The smallest absolute Gasteiger partial charge is 0.756 e. The number of rotatable bonds is 0. The van der Waals surface area contributed by atoms with Crippen molar-refractivity contribution in [3.05, 3.63) is 0 Å². The molecule has 0 spiro atoms. The Labute approximate surface area is 108 Å². The fourth-order valence-corrected chi connectivity index (χ4v) is 4.51. The molecule has 1 saturated heterocycles. The van der Waals surface area contributed by atoms with E-state index in [0.29, 0.717) is 0 Å². The molecule has 14 heavy (non-hydrogen) atoms. The second kappa shape index (κ2) is 5.33. The molecule has 4 N–H and O–H groups in total. The summed E-state index contributed by atoms with van der Waals surface area (Å²) >= 11 is 0. The van der Waals surface area contributed by atoms with Gasteiger partial charge in [0.1, 0.15) is 0 Å². The zero-order valence-electron chi connectivity index (χ0n) is 6.72. The van der Waals surface area contributed by atoms with Gasteiger partial charge in [-0.2, -0.15) is 0 Å². The predicted molar refractivity (Wildman–Crippen MR) is 37.8 cm³/mol. The van der Waals surface area contributed by atoms with Crippen LogP contribution >= 0.6 is 23.5 Å². The Balaban J connectivity index is 0. The Kier molecular flexibility index (Phi) is 6.88. The first kappa shape index (κ1) is 18.0. The van der Waals surface area contributed by atoms with E-state index in [2.05, 4.69) is 12.9 Å². The van der Waals surface area contributed by atoms with Crippen LogP contribution in [0.4, 0.5) is 0 Å². The minimum atomic E-state index is -5.36. The summed E-state index contributed by atoms with van der Waals surface area (Å²) in [6.07, 6.45) is 0. The molecule has 0 aromatic carbocycles. The van der Waals surface area contributed by atoms with Crippen LogP contribution in [-0.2, 0) is 26.6 Å². The van der Waals surface area contributed by atoms with Crippen LogP contribution in [0.15, 0.2) is 0 Å². The van der Waals surface area contributed by atoms with Gasteiger partial charge in [-0.3, -0.25) is 13.7 Å². The molecule has 10 nitrogen and oxygen atoms in total. The Morgan fingerprint density at radius 3 is 1.00 bits per heavy atom. The molecular weight excluding hydrogens is 291 g/mol. The molecule has 0 saturated carbocycles. The van der Waals surface area contributed by atoms with E-state index in [1.807, 2.05) is 0 Å². The Morgan fingerprint density at radius 2 is 0.857 bits per heavy atom. The molecular formula is H4CaNO9P3. The van der Waals surface area contributed by atoms with Crippen LogP contribution in [0.3, 0.4) is 0 Å². The predicted octanol–water partition coefficient (Wildman–Crippen LogP) is -1.55. The second-order valence-electron chi connectivity index (χ2n) is 1.59. The van der Waals surface area contributed by atoms with Gasteiger partial charge in [0.2, 0.25) is 0 Å².